The van der Waals surface area contributed by atoms with Gasteiger partial charge in [-0.25, -0.2) is 4.79 Å². The van der Waals surface area contributed by atoms with E-state index in [0.717, 1.165) is 25.7 Å². The maximum Gasteiger partial charge on any atom is 0.346 e. The van der Waals surface area contributed by atoms with Crippen molar-refractivity contribution in [2.75, 3.05) is 7.11 Å². The Kier molecular flexibility index (Phi) is 7.68. The lowest BCUT2D eigenvalue weighted by molar-refractivity contribution is -0.147. The Balaban J connectivity index is 1.61. The molecule has 210 valence electrons. The van der Waals surface area contributed by atoms with Crippen LogP contribution in [0.3, 0.4) is 0 Å². The number of halogens is 2. The molecule has 2 fully saturated rings. The summed E-state index contributed by atoms with van der Waals surface area (Å²) in [6.07, 6.45) is 3.72. The number of ether oxygens (including phenoxy) is 4. The van der Waals surface area contributed by atoms with Crippen LogP contribution in [-0.4, -0.2) is 24.2 Å². The summed E-state index contributed by atoms with van der Waals surface area (Å²) in [4.78, 5) is 27.0. The number of hydrogen-bond donors (Lipinski definition) is 1. The summed E-state index contributed by atoms with van der Waals surface area (Å²) in [7, 11) is 1.43. The van der Waals surface area contributed by atoms with Gasteiger partial charge in [0.1, 0.15) is 23.7 Å². The van der Waals surface area contributed by atoms with Gasteiger partial charge in [-0.05, 0) is 97.3 Å². The Hall–Kier alpha value is -2.29. The minimum absolute atomic E-state index is 0.0503. The lowest BCUT2D eigenvalue weighted by atomic mass is 9.80. The van der Waals surface area contributed by atoms with Gasteiger partial charge in [-0.3, -0.25) is 4.79 Å². The van der Waals surface area contributed by atoms with Crippen molar-refractivity contribution in [3.63, 3.8) is 0 Å². The van der Waals surface area contributed by atoms with Gasteiger partial charge in [0.15, 0.2) is 11.5 Å². The molecule has 2 aliphatic carbocycles. The molecule has 0 amide bonds. The standard InChI is InChI=1S/C30H34BrClO7/c1-14(2)12-20(33)18-10-11-21-22(25(18)36-5)28(34)37-13-19-23(31)15(3)24(32)27(26(19)38-21)39-29(35)30(4)16-6-7-17(30)9-8-16/h10-11,14,16-17,20,33H,6-9,12-13H2,1-5H3/t16?,17?,20-,30?/m0/s1. The molecule has 1 N–H and O–H groups in total. The first kappa shape index (κ1) is 28.2. The molecule has 1 aliphatic heterocycles. The molecule has 39 heavy (non-hydrogen) atoms. The van der Waals surface area contributed by atoms with Gasteiger partial charge < -0.3 is 24.1 Å². The summed E-state index contributed by atoms with van der Waals surface area (Å²) in [5, 5.41) is 11.1. The predicted molar refractivity (Wildman–Crippen MR) is 150 cm³/mol. The number of rotatable bonds is 6. The second-order valence-corrected chi connectivity index (χ2v) is 12.7. The average Bonchev–Trinajstić information content (AvgIpc) is 3.40. The van der Waals surface area contributed by atoms with E-state index < -0.39 is 17.5 Å². The SMILES string of the molecule is COc1c([C@@H](O)CC(C)C)ccc2c1C(=O)OCc1c(Br)c(C)c(Cl)c(OC(=O)C3(C)C4CCC3CC4)c1O2. The first-order valence-electron chi connectivity index (χ1n) is 13.5. The fourth-order valence-electron chi connectivity index (χ4n) is 6.55. The molecule has 2 aromatic rings. The molecule has 1 atom stereocenters. The minimum Gasteiger partial charge on any atom is -0.495 e. The number of methoxy groups -OCH3 is 1. The quantitative estimate of drug-likeness (QED) is 0.261. The first-order valence-corrected chi connectivity index (χ1v) is 14.6. The maximum absolute atomic E-state index is 13.7. The van der Waals surface area contributed by atoms with Crippen LogP contribution >= 0.6 is 27.5 Å². The average molecular weight is 622 g/mol. The van der Waals surface area contributed by atoms with Crippen LogP contribution in [0.4, 0.5) is 0 Å². The molecule has 1 heterocycles. The summed E-state index contributed by atoms with van der Waals surface area (Å²) in [6, 6.07) is 3.27. The van der Waals surface area contributed by atoms with Crippen LogP contribution in [-0.2, 0) is 16.1 Å². The van der Waals surface area contributed by atoms with Gasteiger partial charge in [0, 0.05) is 10.0 Å². The van der Waals surface area contributed by atoms with Crippen molar-refractivity contribution >= 4 is 39.5 Å². The summed E-state index contributed by atoms with van der Waals surface area (Å²) in [5.74, 6) is 0.463. The van der Waals surface area contributed by atoms with Crippen molar-refractivity contribution in [2.24, 2.45) is 23.2 Å². The highest BCUT2D eigenvalue weighted by atomic mass is 79.9. The number of benzene rings is 2. The number of aliphatic hydroxyl groups is 1. The summed E-state index contributed by atoms with van der Waals surface area (Å²) < 4.78 is 24.4. The Morgan fingerprint density at radius 1 is 1.21 bits per heavy atom. The zero-order valence-electron chi connectivity index (χ0n) is 22.9. The predicted octanol–water partition coefficient (Wildman–Crippen LogP) is 7.69. The molecule has 9 heteroatoms. The van der Waals surface area contributed by atoms with Crippen molar-refractivity contribution in [2.45, 2.75) is 72.5 Å². The van der Waals surface area contributed by atoms with Gasteiger partial charge in [0.2, 0.25) is 0 Å². The highest BCUT2D eigenvalue weighted by molar-refractivity contribution is 9.10. The molecule has 0 spiro atoms. The van der Waals surface area contributed by atoms with E-state index in [-0.39, 0.29) is 63.9 Å². The number of aliphatic hydroxyl groups excluding tert-OH is 1. The highest BCUT2D eigenvalue weighted by Gasteiger charge is 2.57. The summed E-state index contributed by atoms with van der Waals surface area (Å²) in [5.41, 5.74) is 1.08. The smallest absolute Gasteiger partial charge is 0.346 e. The van der Waals surface area contributed by atoms with Crippen LogP contribution in [0.2, 0.25) is 5.02 Å². The molecule has 0 aromatic heterocycles. The molecular weight excluding hydrogens is 588 g/mol. The lowest BCUT2D eigenvalue weighted by Gasteiger charge is -2.29. The van der Waals surface area contributed by atoms with Crippen molar-refractivity contribution in [3.05, 3.63) is 43.9 Å². The van der Waals surface area contributed by atoms with Crippen LogP contribution in [0, 0.1) is 30.1 Å². The molecule has 2 saturated carbocycles. The molecule has 5 rings (SSSR count). The van der Waals surface area contributed by atoms with Crippen molar-refractivity contribution in [3.8, 4) is 23.0 Å². The zero-order chi connectivity index (χ0) is 28.2. The molecule has 2 aromatic carbocycles. The van der Waals surface area contributed by atoms with E-state index in [0.29, 0.717) is 27.6 Å². The van der Waals surface area contributed by atoms with Gasteiger partial charge in [-0.15, -0.1) is 0 Å². The minimum atomic E-state index is -0.846. The van der Waals surface area contributed by atoms with E-state index in [1.165, 1.54) is 7.11 Å². The van der Waals surface area contributed by atoms with Crippen molar-refractivity contribution in [1.82, 2.24) is 0 Å². The normalized spacial score (nSPS) is 24.3. The second kappa shape index (κ2) is 10.6. The number of cyclic esters (lactones) is 1. The van der Waals surface area contributed by atoms with Crippen LogP contribution < -0.4 is 14.2 Å². The number of fused-ring (bicyclic) bond motifs is 4. The third-order valence-electron chi connectivity index (χ3n) is 8.83. The van der Waals surface area contributed by atoms with E-state index in [1.54, 1.807) is 19.1 Å². The van der Waals surface area contributed by atoms with Crippen LogP contribution in [0.25, 0.3) is 0 Å². The largest absolute Gasteiger partial charge is 0.495 e. The van der Waals surface area contributed by atoms with E-state index in [1.807, 2.05) is 20.8 Å². The van der Waals surface area contributed by atoms with Gasteiger partial charge in [0.05, 0.1) is 29.2 Å². The maximum atomic E-state index is 13.7. The summed E-state index contributed by atoms with van der Waals surface area (Å²) in [6.45, 7) is 7.65. The molecule has 7 nitrogen and oxygen atoms in total. The van der Waals surface area contributed by atoms with E-state index >= 15 is 0 Å². The second-order valence-electron chi connectivity index (χ2n) is 11.5. The number of carbonyl (C=O) groups is 2. The fourth-order valence-corrected chi connectivity index (χ4v) is 7.38. The molecular formula is C30H34BrClO7. The highest BCUT2D eigenvalue weighted by Crippen LogP contribution is 2.59. The Morgan fingerprint density at radius 3 is 2.44 bits per heavy atom. The van der Waals surface area contributed by atoms with Crippen molar-refractivity contribution < 1.29 is 33.6 Å². The zero-order valence-corrected chi connectivity index (χ0v) is 25.2. The Bertz CT molecular complexity index is 1320. The molecule has 3 aliphatic rings. The number of carbonyl (C=O) groups excluding carboxylic acids is 2. The van der Waals surface area contributed by atoms with Crippen LogP contribution in [0.1, 0.15) is 86.0 Å². The van der Waals surface area contributed by atoms with E-state index in [2.05, 4.69) is 15.9 Å². The molecule has 0 saturated heterocycles. The van der Waals surface area contributed by atoms with Gasteiger partial charge >= 0.3 is 11.9 Å². The summed E-state index contributed by atoms with van der Waals surface area (Å²) >= 11 is 10.4. The van der Waals surface area contributed by atoms with Gasteiger partial charge in [0.25, 0.3) is 0 Å². The molecule has 0 radical (unpaired) electrons. The van der Waals surface area contributed by atoms with Gasteiger partial charge in [-0.2, -0.15) is 0 Å². The first-order chi connectivity index (χ1) is 18.5. The van der Waals surface area contributed by atoms with Crippen LogP contribution in [0.5, 0.6) is 23.0 Å². The third-order valence-corrected chi connectivity index (χ3v) is 10.4. The molecule has 0 unspecified atom stereocenters. The van der Waals surface area contributed by atoms with E-state index in [4.69, 9.17) is 30.5 Å². The van der Waals surface area contributed by atoms with Gasteiger partial charge in [-0.1, -0.05) is 25.4 Å². The monoisotopic (exact) mass is 620 g/mol. The lowest BCUT2D eigenvalue weighted by Crippen LogP contribution is -2.36. The Morgan fingerprint density at radius 2 is 1.85 bits per heavy atom. The van der Waals surface area contributed by atoms with Crippen LogP contribution in [0.15, 0.2) is 16.6 Å². The molecule has 2 bridgehead atoms. The topological polar surface area (TPSA) is 91.3 Å². The Labute approximate surface area is 242 Å². The van der Waals surface area contributed by atoms with E-state index in [9.17, 15) is 14.7 Å². The fraction of sp³-hybridized carbons (Fsp3) is 0.533. The number of hydrogen-bond acceptors (Lipinski definition) is 7. The third kappa shape index (κ3) is 4.62. The van der Waals surface area contributed by atoms with Crippen molar-refractivity contribution in [1.29, 1.82) is 0 Å². The number of esters is 2.